The molecule has 112 valence electrons. The van der Waals surface area contributed by atoms with Gasteiger partial charge in [-0.3, -0.25) is 0 Å². The molecule has 1 saturated heterocycles. The number of benzene rings is 1. The fourth-order valence-electron chi connectivity index (χ4n) is 2.45. The Morgan fingerprint density at radius 2 is 2.05 bits per heavy atom. The van der Waals surface area contributed by atoms with Crippen molar-refractivity contribution in [1.29, 1.82) is 0 Å². The van der Waals surface area contributed by atoms with Gasteiger partial charge in [0.25, 0.3) is 0 Å². The third-order valence-corrected chi connectivity index (χ3v) is 5.37. The van der Waals surface area contributed by atoms with Gasteiger partial charge in [0.1, 0.15) is 0 Å². The zero-order valence-corrected chi connectivity index (χ0v) is 13.8. The largest absolute Gasteiger partial charge is 0.418 e. The summed E-state index contributed by atoms with van der Waals surface area (Å²) in [7, 11) is 0. The monoisotopic (exact) mass is 367 g/mol. The Morgan fingerprint density at radius 3 is 2.65 bits per heavy atom. The third kappa shape index (κ3) is 4.07. The van der Waals surface area contributed by atoms with Crippen LogP contribution in [0.15, 0.2) is 22.7 Å². The average molecular weight is 368 g/mol. The predicted octanol–water partition coefficient (Wildman–Crippen LogP) is 5.41. The molecule has 0 bridgehead atoms. The van der Waals surface area contributed by atoms with Crippen LogP contribution in [0.5, 0.6) is 0 Å². The van der Waals surface area contributed by atoms with Crippen molar-refractivity contribution in [3.8, 4) is 0 Å². The predicted molar refractivity (Wildman–Crippen MR) is 82.3 cm³/mol. The zero-order chi connectivity index (χ0) is 15.0. The van der Waals surface area contributed by atoms with Crippen LogP contribution >= 0.6 is 27.7 Å². The van der Waals surface area contributed by atoms with Crippen molar-refractivity contribution in [3.63, 3.8) is 0 Å². The Hall–Kier alpha value is -0.360. The van der Waals surface area contributed by atoms with Crippen LogP contribution in [0.2, 0.25) is 0 Å². The van der Waals surface area contributed by atoms with E-state index in [9.17, 15) is 13.2 Å². The van der Waals surface area contributed by atoms with Gasteiger partial charge >= 0.3 is 6.18 Å². The molecule has 1 unspecified atom stereocenters. The van der Waals surface area contributed by atoms with Gasteiger partial charge < -0.3 is 5.32 Å². The minimum Gasteiger partial charge on any atom is -0.381 e. The Bertz CT molecular complexity index is 488. The lowest BCUT2D eigenvalue weighted by Crippen LogP contribution is -2.35. The summed E-state index contributed by atoms with van der Waals surface area (Å²) >= 11 is 4.89. The van der Waals surface area contributed by atoms with E-state index in [1.807, 2.05) is 0 Å². The molecule has 1 aliphatic heterocycles. The van der Waals surface area contributed by atoms with Crippen molar-refractivity contribution >= 4 is 33.4 Å². The summed E-state index contributed by atoms with van der Waals surface area (Å²) in [5.41, 5.74) is -0.279. The van der Waals surface area contributed by atoms with Crippen molar-refractivity contribution < 1.29 is 13.2 Å². The summed E-state index contributed by atoms with van der Waals surface area (Å²) in [6, 6.07) is 4.34. The maximum atomic E-state index is 13.1. The van der Waals surface area contributed by atoms with E-state index >= 15 is 0 Å². The van der Waals surface area contributed by atoms with E-state index in [1.54, 1.807) is 17.8 Å². The molecule has 0 aliphatic carbocycles. The highest BCUT2D eigenvalue weighted by molar-refractivity contribution is 9.10. The first-order chi connectivity index (χ1) is 9.17. The smallest absolute Gasteiger partial charge is 0.381 e. The first-order valence-corrected chi connectivity index (χ1v) is 8.33. The van der Waals surface area contributed by atoms with Gasteiger partial charge in [-0.25, -0.2) is 0 Å². The summed E-state index contributed by atoms with van der Waals surface area (Å²) in [5.74, 6) is 1.90. The second kappa shape index (κ2) is 5.79. The first kappa shape index (κ1) is 16.0. The highest BCUT2D eigenvalue weighted by Gasteiger charge is 2.35. The van der Waals surface area contributed by atoms with Crippen LogP contribution in [0.25, 0.3) is 0 Å². The van der Waals surface area contributed by atoms with E-state index in [-0.39, 0.29) is 17.1 Å². The summed E-state index contributed by atoms with van der Waals surface area (Å²) in [4.78, 5) is 0. The van der Waals surface area contributed by atoms with Gasteiger partial charge in [0.2, 0.25) is 0 Å². The SMILES string of the molecule is CC1(C)CSCC(Nc2ccc(Br)cc2C(F)(F)F)C1. The maximum absolute atomic E-state index is 13.1. The molecule has 0 aromatic heterocycles. The summed E-state index contributed by atoms with van der Waals surface area (Å²) in [6.07, 6.45) is -3.46. The third-order valence-electron chi connectivity index (χ3n) is 3.26. The van der Waals surface area contributed by atoms with Crippen LogP contribution in [0.1, 0.15) is 25.8 Å². The number of halogens is 4. The fourth-order valence-corrected chi connectivity index (χ4v) is 4.09. The average Bonchev–Trinajstić information content (AvgIpc) is 2.29. The number of hydrogen-bond donors (Lipinski definition) is 1. The Labute approximate surface area is 129 Å². The molecule has 2 rings (SSSR count). The van der Waals surface area contributed by atoms with E-state index < -0.39 is 11.7 Å². The van der Waals surface area contributed by atoms with Crippen LogP contribution in [0.3, 0.4) is 0 Å². The molecule has 1 heterocycles. The van der Waals surface area contributed by atoms with Gasteiger partial charge in [-0.15, -0.1) is 0 Å². The molecule has 0 saturated carbocycles. The van der Waals surface area contributed by atoms with E-state index in [0.29, 0.717) is 4.47 Å². The Kier molecular flexibility index (Phi) is 4.64. The number of anilines is 1. The highest BCUT2D eigenvalue weighted by Crippen LogP contribution is 2.39. The number of rotatable bonds is 2. The van der Waals surface area contributed by atoms with Crippen molar-refractivity contribution in [1.82, 2.24) is 0 Å². The molecule has 20 heavy (non-hydrogen) atoms. The lowest BCUT2D eigenvalue weighted by molar-refractivity contribution is -0.137. The van der Waals surface area contributed by atoms with Gasteiger partial charge in [0.05, 0.1) is 5.56 Å². The first-order valence-electron chi connectivity index (χ1n) is 6.38. The second-order valence-electron chi connectivity index (χ2n) is 5.91. The van der Waals surface area contributed by atoms with Crippen molar-refractivity contribution in [2.75, 3.05) is 16.8 Å². The number of alkyl halides is 3. The standard InChI is InChI=1S/C14H17BrF3NS/c1-13(2)6-10(7-20-8-13)19-12-4-3-9(15)5-11(12)14(16,17)18/h3-5,10,19H,6-8H2,1-2H3. The normalized spacial score (nSPS) is 22.6. The Morgan fingerprint density at radius 1 is 1.35 bits per heavy atom. The molecule has 6 heteroatoms. The molecule has 0 amide bonds. The topological polar surface area (TPSA) is 12.0 Å². The quantitative estimate of drug-likeness (QED) is 0.749. The van der Waals surface area contributed by atoms with Gasteiger partial charge in [-0.05, 0) is 35.8 Å². The molecule has 1 N–H and O–H groups in total. The second-order valence-corrected chi connectivity index (χ2v) is 7.86. The lowest BCUT2D eigenvalue weighted by Gasteiger charge is -2.36. The van der Waals surface area contributed by atoms with Crippen LogP contribution < -0.4 is 5.32 Å². The number of nitrogens with one attached hydrogen (secondary N) is 1. The minimum absolute atomic E-state index is 0.0750. The molecule has 1 aromatic carbocycles. The molecular weight excluding hydrogens is 351 g/mol. The van der Waals surface area contributed by atoms with Crippen molar-refractivity contribution in [2.24, 2.45) is 5.41 Å². The van der Waals surface area contributed by atoms with Gasteiger partial charge in [0, 0.05) is 22.0 Å². The molecule has 1 aliphatic rings. The van der Waals surface area contributed by atoms with Crippen LogP contribution in [-0.2, 0) is 6.18 Å². The van der Waals surface area contributed by atoms with E-state index in [2.05, 4.69) is 35.1 Å². The van der Waals surface area contributed by atoms with Gasteiger partial charge in [-0.2, -0.15) is 24.9 Å². The molecular formula is C14H17BrF3NS. The molecule has 1 fully saturated rings. The van der Waals surface area contributed by atoms with Crippen LogP contribution in [0, 0.1) is 5.41 Å². The maximum Gasteiger partial charge on any atom is 0.418 e. The zero-order valence-electron chi connectivity index (χ0n) is 11.4. The van der Waals surface area contributed by atoms with Crippen molar-refractivity contribution in [3.05, 3.63) is 28.2 Å². The highest BCUT2D eigenvalue weighted by atomic mass is 79.9. The summed E-state index contributed by atoms with van der Waals surface area (Å²) in [5, 5.41) is 3.08. The minimum atomic E-state index is -4.34. The summed E-state index contributed by atoms with van der Waals surface area (Å²) < 4.78 is 39.6. The molecule has 1 atom stereocenters. The van der Waals surface area contributed by atoms with Crippen molar-refractivity contribution in [2.45, 2.75) is 32.5 Å². The number of hydrogen-bond acceptors (Lipinski definition) is 2. The molecule has 1 aromatic rings. The fraction of sp³-hybridized carbons (Fsp3) is 0.571. The van der Waals surface area contributed by atoms with E-state index in [0.717, 1.165) is 24.0 Å². The van der Waals surface area contributed by atoms with Gasteiger partial charge in [0.15, 0.2) is 0 Å². The summed E-state index contributed by atoms with van der Waals surface area (Å²) in [6.45, 7) is 4.31. The lowest BCUT2D eigenvalue weighted by atomic mass is 9.87. The molecule has 0 spiro atoms. The number of thioether (sulfide) groups is 1. The van der Waals surface area contributed by atoms with E-state index in [1.165, 1.54) is 6.07 Å². The van der Waals surface area contributed by atoms with Crippen LogP contribution in [-0.4, -0.2) is 17.5 Å². The Balaban J connectivity index is 2.21. The molecule has 0 radical (unpaired) electrons. The van der Waals surface area contributed by atoms with E-state index in [4.69, 9.17) is 0 Å². The van der Waals surface area contributed by atoms with Gasteiger partial charge in [-0.1, -0.05) is 29.8 Å². The molecule has 1 nitrogen and oxygen atoms in total. The van der Waals surface area contributed by atoms with Crippen LogP contribution in [0.4, 0.5) is 18.9 Å².